The highest BCUT2D eigenvalue weighted by Gasteiger charge is 2.23. The minimum absolute atomic E-state index is 0.370. The molecule has 0 saturated heterocycles. The maximum atomic E-state index is 12.1. The predicted molar refractivity (Wildman–Crippen MR) is 72.2 cm³/mol. The molecule has 104 valence electrons. The number of amides is 1. The average Bonchev–Trinajstić information content (AvgIpc) is 2.75. The molecule has 0 aliphatic heterocycles. The number of nitrogens with one attached hydrogen (secondary N) is 1. The van der Waals surface area contributed by atoms with E-state index in [-0.39, 0.29) is 0 Å². The van der Waals surface area contributed by atoms with Gasteiger partial charge in [-0.15, -0.1) is 0 Å². The van der Waals surface area contributed by atoms with Crippen LogP contribution < -0.4 is 5.32 Å². The molecule has 1 aromatic heterocycles. The Bertz CT molecular complexity index is 634. The third-order valence-corrected chi connectivity index (χ3v) is 2.91. The first-order valence-corrected chi connectivity index (χ1v) is 6.08. The number of carboxylic acid groups (broad SMARTS) is 1. The van der Waals surface area contributed by atoms with Crippen molar-refractivity contribution in [3.63, 3.8) is 0 Å². The van der Waals surface area contributed by atoms with Gasteiger partial charge in [-0.1, -0.05) is 30.3 Å². The van der Waals surface area contributed by atoms with E-state index >= 15 is 0 Å². The highest BCUT2D eigenvalue weighted by molar-refractivity contribution is 5.97. The van der Waals surface area contributed by atoms with Crippen LogP contribution in [0.15, 0.2) is 36.5 Å². The molecule has 0 saturated carbocycles. The molecule has 2 aromatic rings. The van der Waals surface area contributed by atoms with Crippen LogP contribution in [0.25, 0.3) is 0 Å². The number of hydrogen-bond donors (Lipinski definition) is 2. The Hall–Kier alpha value is -2.63. The summed E-state index contributed by atoms with van der Waals surface area (Å²) in [7, 11) is 1.70. The molecule has 20 heavy (non-hydrogen) atoms. The maximum Gasteiger partial charge on any atom is 0.330 e. The summed E-state index contributed by atoms with van der Waals surface area (Å²) >= 11 is 0. The van der Waals surface area contributed by atoms with E-state index in [4.69, 9.17) is 0 Å². The Balaban J connectivity index is 2.23. The van der Waals surface area contributed by atoms with Crippen LogP contribution in [0.4, 0.5) is 0 Å². The highest BCUT2D eigenvalue weighted by atomic mass is 16.4. The summed E-state index contributed by atoms with van der Waals surface area (Å²) in [4.78, 5) is 23.5. The Morgan fingerprint density at radius 2 is 1.95 bits per heavy atom. The van der Waals surface area contributed by atoms with E-state index < -0.39 is 17.9 Å². The largest absolute Gasteiger partial charge is 0.479 e. The highest BCUT2D eigenvalue weighted by Crippen LogP contribution is 2.14. The Morgan fingerprint density at radius 1 is 1.30 bits per heavy atom. The zero-order valence-corrected chi connectivity index (χ0v) is 11.2. The summed E-state index contributed by atoms with van der Waals surface area (Å²) in [5.74, 6) is -1.56. The quantitative estimate of drug-likeness (QED) is 0.879. The maximum absolute atomic E-state index is 12.1. The van der Waals surface area contributed by atoms with Gasteiger partial charge >= 0.3 is 5.97 Å². The number of nitrogens with zero attached hydrogens (tertiary/aromatic N) is 2. The number of benzene rings is 1. The van der Waals surface area contributed by atoms with Crippen LogP contribution in [0.1, 0.15) is 27.7 Å². The fraction of sp³-hybridized carbons (Fsp3) is 0.214. The van der Waals surface area contributed by atoms with Gasteiger partial charge in [0.15, 0.2) is 6.04 Å². The van der Waals surface area contributed by atoms with Crippen molar-refractivity contribution in [2.75, 3.05) is 0 Å². The summed E-state index contributed by atoms with van der Waals surface area (Å²) in [5, 5.41) is 15.8. The molecule has 0 aliphatic carbocycles. The molecule has 0 aliphatic rings. The second kappa shape index (κ2) is 5.56. The molecule has 6 heteroatoms. The van der Waals surface area contributed by atoms with Crippen molar-refractivity contribution in [1.29, 1.82) is 0 Å². The zero-order valence-electron chi connectivity index (χ0n) is 11.2. The molecule has 6 nitrogen and oxygen atoms in total. The summed E-state index contributed by atoms with van der Waals surface area (Å²) in [6.45, 7) is 1.70. The molecule has 2 N–H and O–H groups in total. The average molecular weight is 273 g/mol. The van der Waals surface area contributed by atoms with Gasteiger partial charge in [-0.05, 0) is 12.5 Å². The molecule has 1 aromatic carbocycles. The molecule has 0 radical (unpaired) electrons. The van der Waals surface area contributed by atoms with Gasteiger partial charge in [0, 0.05) is 13.2 Å². The Kier molecular flexibility index (Phi) is 3.84. The molecule has 0 fully saturated rings. The van der Waals surface area contributed by atoms with E-state index in [1.54, 1.807) is 50.5 Å². The lowest BCUT2D eigenvalue weighted by molar-refractivity contribution is -0.139. The van der Waals surface area contributed by atoms with Crippen LogP contribution in [0.3, 0.4) is 0 Å². The van der Waals surface area contributed by atoms with Crippen molar-refractivity contribution >= 4 is 11.9 Å². The zero-order chi connectivity index (χ0) is 14.7. The number of carboxylic acids is 1. The van der Waals surface area contributed by atoms with E-state index in [0.717, 1.165) is 0 Å². The van der Waals surface area contributed by atoms with E-state index in [9.17, 15) is 14.7 Å². The molecule has 2 rings (SSSR count). The molecule has 1 heterocycles. The van der Waals surface area contributed by atoms with Crippen LogP contribution in [0.2, 0.25) is 0 Å². The van der Waals surface area contributed by atoms with Gasteiger partial charge in [0.25, 0.3) is 5.91 Å². The van der Waals surface area contributed by atoms with E-state index in [0.29, 0.717) is 16.8 Å². The van der Waals surface area contributed by atoms with Gasteiger partial charge in [-0.25, -0.2) is 4.79 Å². The second-order valence-corrected chi connectivity index (χ2v) is 4.46. The van der Waals surface area contributed by atoms with Crippen molar-refractivity contribution in [3.8, 4) is 0 Å². The van der Waals surface area contributed by atoms with E-state index in [2.05, 4.69) is 10.4 Å². The topological polar surface area (TPSA) is 84.2 Å². The number of rotatable bonds is 4. The van der Waals surface area contributed by atoms with Gasteiger partial charge < -0.3 is 10.4 Å². The molecule has 1 atom stereocenters. The van der Waals surface area contributed by atoms with Crippen molar-refractivity contribution in [2.24, 2.45) is 7.05 Å². The van der Waals surface area contributed by atoms with Crippen molar-refractivity contribution in [1.82, 2.24) is 15.1 Å². The van der Waals surface area contributed by atoms with Gasteiger partial charge in [0.1, 0.15) is 0 Å². The number of aromatic nitrogens is 2. The lowest BCUT2D eigenvalue weighted by Crippen LogP contribution is -2.33. The standard InChI is InChI=1S/C14H15N3O3/c1-9-11(8-17(2)16-9)13(18)15-12(14(19)20)10-6-4-3-5-7-10/h3-8,12H,1-2H3,(H,15,18)(H,19,20). The number of carbonyl (C=O) groups is 2. The summed E-state index contributed by atoms with van der Waals surface area (Å²) in [5.41, 5.74) is 1.45. The van der Waals surface area contributed by atoms with Crippen molar-refractivity contribution in [2.45, 2.75) is 13.0 Å². The Morgan fingerprint density at radius 3 is 2.45 bits per heavy atom. The van der Waals surface area contributed by atoms with Gasteiger partial charge in [0.2, 0.25) is 0 Å². The molecular weight excluding hydrogens is 258 g/mol. The monoisotopic (exact) mass is 273 g/mol. The lowest BCUT2D eigenvalue weighted by Gasteiger charge is -2.14. The van der Waals surface area contributed by atoms with Gasteiger partial charge in [0.05, 0.1) is 11.3 Å². The predicted octanol–water partition coefficient (Wildman–Crippen LogP) is 1.28. The first kappa shape index (κ1) is 13.8. The number of carbonyl (C=O) groups excluding carboxylic acids is 1. The number of aryl methyl sites for hydroxylation is 2. The molecule has 1 unspecified atom stereocenters. The van der Waals surface area contributed by atoms with Crippen LogP contribution >= 0.6 is 0 Å². The number of aliphatic carboxylic acids is 1. The van der Waals surface area contributed by atoms with Gasteiger partial charge in [-0.2, -0.15) is 5.10 Å². The minimum atomic E-state index is -1.11. The molecule has 1 amide bonds. The van der Waals surface area contributed by atoms with Crippen LogP contribution in [0.5, 0.6) is 0 Å². The summed E-state index contributed by atoms with van der Waals surface area (Å²) in [6.07, 6.45) is 1.56. The van der Waals surface area contributed by atoms with Crippen LogP contribution in [-0.2, 0) is 11.8 Å². The van der Waals surface area contributed by atoms with Crippen LogP contribution in [0, 0.1) is 6.92 Å². The number of hydrogen-bond acceptors (Lipinski definition) is 3. The van der Waals surface area contributed by atoms with E-state index in [1.165, 1.54) is 4.68 Å². The Labute approximate surface area is 116 Å². The first-order chi connectivity index (χ1) is 9.49. The molecule has 0 spiro atoms. The van der Waals surface area contributed by atoms with Crippen molar-refractivity contribution in [3.05, 3.63) is 53.3 Å². The fourth-order valence-electron chi connectivity index (χ4n) is 1.96. The third kappa shape index (κ3) is 2.85. The van der Waals surface area contributed by atoms with Crippen LogP contribution in [-0.4, -0.2) is 26.8 Å². The SMILES string of the molecule is Cc1nn(C)cc1C(=O)NC(C(=O)O)c1ccccc1. The third-order valence-electron chi connectivity index (χ3n) is 2.91. The fourth-order valence-corrected chi connectivity index (χ4v) is 1.96. The minimum Gasteiger partial charge on any atom is -0.479 e. The second-order valence-electron chi connectivity index (χ2n) is 4.46. The normalized spacial score (nSPS) is 11.9. The lowest BCUT2D eigenvalue weighted by atomic mass is 10.1. The summed E-state index contributed by atoms with van der Waals surface area (Å²) < 4.78 is 1.52. The molecule has 0 bridgehead atoms. The smallest absolute Gasteiger partial charge is 0.330 e. The van der Waals surface area contributed by atoms with E-state index in [1.807, 2.05) is 0 Å². The van der Waals surface area contributed by atoms with Crippen molar-refractivity contribution < 1.29 is 14.7 Å². The van der Waals surface area contributed by atoms with Gasteiger partial charge in [-0.3, -0.25) is 9.48 Å². The summed E-state index contributed by atoms with van der Waals surface area (Å²) in [6, 6.07) is 7.49. The molecular formula is C14H15N3O3. The first-order valence-electron chi connectivity index (χ1n) is 6.08.